The average Bonchev–Trinajstić information content (AvgIpc) is 2.72. The molecule has 0 aliphatic carbocycles. The Bertz CT molecular complexity index is 684. The molecule has 96 valence electrons. The molecule has 0 amide bonds. The summed E-state index contributed by atoms with van der Waals surface area (Å²) in [5.74, 6) is -0.816. The summed E-state index contributed by atoms with van der Waals surface area (Å²) in [6.07, 6.45) is 1.15. The number of rotatable bonds is 3. The van der Waals surface area contributed by atoms with Gasteiger partial charge in [-0.3, -0.25) is 9.82 Å². The molecule has 2 N–H and O–H groups in total. The number of nitrogens with zero attached hydrogens (tertiary/aromatic N) is 1. The highest BCUT2D eigenvalue weighted by Gasteiger charge is 2.20. The number of benzene rings is 1. The van der Waals surface area contributed by atoms with Gasteiger partial charge in [-0.1, -0.05) is 17.7 Å². The Morgan fingerprint density at radius 1 is 1.44 bits per heavy atom. The third-order valence-electron chi connectivity index (χ3n) is 2.27. The number of aryl methyl sites for hydroxylation is 1. The van der Waals surface area contributed by atoms with Crippen molar-refractivity contribution in [2.75, 3.05) is 4.72 Å². The summed E-state index contributed by atoms with van der Waals surface area (Å²) >= 11 is 5.57. The zero-order valence-electron chi connectivity index (χ0n) is 9.24. The number of H-pyrrole nitrogens is 1. The number of hydrogen-bond donors (Lipinski definition) is 2. The van der Waals surface area contributed by atoms with Gasteiger partial charge in [0.25, 0.3) is 10.0 Å². The average molecular weight is 290 g/mol. The molecule has 0 radical (unpaired) electrons. The molecule has 0 bridgehead atoms. The molecule has 0 spiro atoms. The van der Waals surface area contributed by atoms with Crippen molar-refractivity contribution in [2.45, 2.75) is 11.8 Å². The number of aromatic amines is 1. The molecule has 0 atom stereocenters. The van der Waals surface area contributed by atoms with Crippen molar-refractivity contribution in [1.82, 2.24) is 10.2 Å². The molecule has 0 saturated carbocycles. The molecule has 2 aromatic rings. The van der Waals surface area contributed by atoms with E-state index in [1.54, 1.807) is 6.92 Å². The Morgan fingerprint density at radius 2 is 2.17 bits per heavy atom. The first-order chi connectivity index (χ1) is 8.42. The molecule has 0 unspecified atom stereocenters. The fourth-order valence-corrected chi connectivity index (χ4v) is 2.76. The number of halogens is 2. The summed E-state index contributed by atoms with van der Waals surface area (Å²) in [4.78, 5) is -0.0399. The van der Waals surface area contributed by atoms with Crippen molar-refractivity contribution in [3.8, 4) is 0 Å². The van der Waals surface area contributed by atoms with E-state index in [1.165, 1.54) is 18.2 Å². The van der Waals surface area contributed by atoms with Gasteiger partial charge in [0.05, 0.1) is 22.6 Å². The molecule has 0 aliphatic heterocycles. The van der Waals surface area contributed by atoms with Gasteiger partial charge in [0, 0.05) is 0 Å². The predicted molar refractivity (Wildman–Crippen MR) is 65.5 cm³/mol. The van der Waals surface area contributed by atoms with Crippen molar-refractivity contribution in [3.05, 3.63) is 40.9 Å². The van der Waals surface area contributed by atoms with E-state index in [0.29, 0.717) is 5.69 Å². The molecule has 5 nitrogen and oxygen atoms in total. The van der Waals surface area contributed by atoms with Gasteiger partial charge in [-0.25, -0.2) is 12.8 Å². The molecule has 18 heavy (non-hydrogen) atoms. The number of nitrogens with one attached hydrogen (secondary N) is 2. The molecule has 2 rings (SSSR count). The standard InChI is InChI=1S/C10H9ClFN3O2S/c1-6-9(5-13-14-6)18(16,17)15-8-4-2-3-7(11)10(8)12/h2-5,15H,1H3,(H,13,14). The van der Waals surface area contributed by atoms with Gasteiger partial charge >= 0.3 is 0 Å². The highest BCUT2D eigenvalue weighted by atomic mass is 35.5. The number of hydrogen-bond acceptors (Lipinski definition) is 3. The lowest BCUT2D eigenvalue weighted by molar-refractivity contribution is 0.598. The molecule has 1 aromatic carbocycles. The fourth-order valence-electron chi connectivity index (χ4n) is 1.39. The third-order valence-corrected chi connectivity index (χ3v) is 4.04. The largest absolute Gasteiger partial charge is 0.281 e. The number of aromatic nitrogens is 2. The van der Waals surface area contributed by atoms with E-state index >= 15 is 0 Å². The van der Waals surface area contributed by atoms with Gasteiger partial charge in [-0.05, 0) is 19.1 Å². The van der Waals surface area contributed by atoms with Crippen LogP contribution in [0.5, 0.6) is 0 Å². The second-order valence-electron chi connectivity index (χ2n) is 3.57. The van der Waals surface area contributed by atoms with E-state index in [0.717, 1.165) is 6.20 Å². The van der Waals surface area contributed by atoms with Gasteiger partial charge < -0.3 is 0 Å². The monoisotopic (exact) mass is 289 g/mol. The molecule has 0 saturated heterocycles. The summed E-state index contributed by atoms with van der Waals surface area (Å²) in [6, 6.07) is 4.07. The van der Waals surface area contributed by atoms with Crippen LogP contribution in [0.15, 0.2) is 29.3 Å². The minimum atomic E-state index is -3.88. The first-order valence-electron chi connectivity index (χ1n) is 4.88. The van der Waals surface area contributed by atoms with Crippen molar-refractivity contribution in [3.63, 3.8) is 0 Å². The molecule has 1 heterocycles. The van der Waals surface area contributed by atoms with Crippen molar-refractivity contribution < 1.29 is 12.8 Å². The first kappa shape index (κ1) is 12.8. The van der Waals surface area contributed by atoms with Crippen LogP contribution < -0.4 is 4.72 Å². The van der Waals surface area contributed by atoms with E-state index in [4.69, 9.17) is 11.6 Å². The van der Waals surface area contributed by atoms with Crippen LogP contribution in [0.25, 0.3) is 0 Å². The molecule has 8 heteroatoms. The van der Waals surface area contributed by atoms with Crippen LogP contribution in [0.4, 0.5) is 10.1 Å². The zero-order valence-corrected chi connectivity index (χ0v) is 10.8. The molecular weight excluding hydrogens is 281 g/mol. The van der Waals surface area contributed by atoms with Crippen LogP contribution in [-0.4, -0.2) is 18.6 Å². The molecular formula is C10H9ClFN3O2S. The summed E-state index contributed by atoms with van der Waals surface area (Å²) < 4.78 is 39.6. The van der Waals surface area contributed by atoms with E-state index in [2.05, 4.69) is 14.9 Å². The van der Waals surface area contributed by atoms with Gasteiger partial charge in [0.15, 0.2) is 5.82 Å². The Balaban J connectivity index is 2.40. The Labute approximate surface area is 108 Å². The van der Waals surface area contributed by atoms with E-state index < -0.39 is 15.8 Å². The normalized spacial score (nSPS) is 11.5. The van der Waals surface area contributed by atoms with Gasteiger partial charge in [-0.15, -0.1) is 0 Å². The maximum absolute atomic E-state index is 13.6. The third kappa shape index (κ3) is 2.32. The Hall–Kier alpha value is -1.60. The van der Waals surface area contributed by atoms with Crippen LogP contribution >= 0.6 is 11.6 Å². The zero-order chi connectivity index (χ0) is 13.3. The predicted octanol–water partition coefficient (Wildman–Crippen LogP) is 2.31. The minimum Gasteiger partial charge on any atom is -0.281 e. The second-order valence-corrected chi connectivity index (χ2v) is 5.62. The minimum absolute atomic E-state index is 0.0399. The summed E-state index contributed by atoms with van der Waals surface area (Å²) in [5, 5.41) is 5.95. The molecule has 0 fully saturated rings. The maximum Gasteiger partial charge on any atom is 0.265 e. The lowest BCUT2D eigenvalue weighted by atomic mass is 10.3. The SMILES string of the molecule is Cc1[nH]ncc1S(=O)(=O)Nc1cccc(Cl)c1F. The summed E-state index contributed by atoms with van der Waals surface area (Å²) in [7, 11) is -3.88. The lowest BCUT2D eigenvalue weighted by Gasteiger charge is -2.08. The van der Waals surface area contributed by atoms with E-state index in [1.807, 2.05) is 0 Å². The quantitative estimate of drug-likeness (QED) is 0.910. The van der Waals surface area contributed by atoms with Crippen LogP contribution in [0, 0.1) is 12.7 Å². The second kappa shape index (κ2) is 4.58. The van der Waals surface area contributed by atoms with E-state index in [-0.39, 0.29) is 15.6 Å². The highest BCUT2D eigenvalue weighted by molar-refractivity contribution is 7.92. The smallest absolute Gasteiger partial charge is 0.265 e. The van der Waals surface area contributed by atoms with Gasteiger partial charge in [0.1, 0.15) is 4.90 Å². The van der Waals surface area contributed by atoms with Crippen molar-refractivity contribution in [2.24, 2.45) is 0 Å². The molecule has 1 aromatic heterocycles. The topological polar surface area (TPSA) is 74.8 Å². The van der Waals surface area contributed by atoms with Crippen LogP contribution in [-0.2, 0) is 10.0 Å². The maximum atomic E-state index is 13.6. The molecule has 0 aliphatic rings. The summed E-state index contributed by atoms with van der Waals surface area (Å²) in [5.41, 5.74) is 0.160. The van der Waals surface area contributed by atoms with Crippen molar-refractivity contribution >= 4 is 27.3 Å². The highest BCUT2D eigenvalue weighted by Crippen LogP contribution is 2.24. The van der Waals surface area contributed by atoms with Crippen LogP contribution in [0.1, 0.15) is 5.69 Å². The number of anilines is 1. The van der Waals surface area contributed by atoms with Gasteiger partial charge in [0.2, 0.25) is 0 Å². The fraction of sp³-hybridized carbons (Fsp3) is 0.100. The van der Waals surface area contributed by atoms with Gasteiger partial charge in [-0.2, -0.15) is 5.10 Å². The number of sulfonamides is 1. The summed E-state index contributed by atoms with van der Waals surface area (Å²) in [6.45, 7) is 1.55. The van der Waals surface area contributed by atoms with Crippen molar-refractivity contribution in [1.29, 1.82) is 0 Å². The first-order valence-corrected chi connectivity index (χ1v) is 6.75. The van der Waals surface area contributed by atoms with Crippen LogP contribution in [0.2, 0.25) is 5.02 Å². The van der Waals surface area contributed by atoms with E-state index in [9.17, 15) is 12.8 Å². The van der Waals surface area contributed by atoms with Crippen LogP contribution in [0.3, 0.4) is 0 Å². The Kier molecular flexibility index (Phi) is 3.27. The lowest BCUT2D eigenvalue weighted by Crippen LogP contribution is -2.14. The Morgan fingerprint density at radius 3 is 2.78 bits per heavy atom.